The highest BCUT2D eigenvalue weighted by Gasteiger charge is 2.24. The minimum Gasteiger partial charge on any atom is -0.493 e. The molecule has 35 heavy (non-hydrogen) atoms. The van der Waals surface area contributed by atoms with E-state index in [9.17, 15) is 0 Å². The van der Waals surface area contributed by atoms with E-state index < -0.39 is 0 Å². The highest BCUT2D eigenvalue weighted by Crippen LogP contribution is 2.34. The largest absolute Gasteiger partial charge is 0.493 e. The fourth-order valence-electron chi connectivity index (χ4n) is 5.30. The molecule has 0 aliphatic heterocycles. The van der Waals surface area contributed by atoms with Gasteiger partial charge in [-0.05, 0) is 80.5 Å². The van der Waals surface area contributed by atoms with E-state index in [1.807, 2.05) is 0 Å². The topological polar surface area (TPSA) is 35.0 Å². The lowest BCUT2D eigenvalue weighted by molar-refractivity contribution is 0.198. The number of ether oxygens (including phenoxy) is 1. The summed E-state index contributed by atoms with van der Waals surface area (Å²) in [7, 11) is 0. The van der Waals surface area contributed by atoms with Gasteiger partial charge in [-0.3, -0.25) is 0 Å². The van der Waals surface area contributed by atoms with Crippen molar-refractivity contribution in [3.05, 3.63) is 53.6 Å². The van der Waals surface area contributed by atoms with E-state index >= 15 is 0 Å². The van der Waals surface area contributed by atoms with E-state index in [4.69, 9.17) is 14.7 Å². The lowest BCUT2D eigenvalue weighted by Gasteiger charge is -2.27. The summed E-state index contributed by atoms with van der Waals surface area (Å²) in [5.74, 6) is 3.24. The van der Waals surface area contributed by atoms with Crippen LogP contribution in [-0.4, -0.2) is 16.6 Å². The molecule has 0 radical (unpaired) electrons. The molecule has 3 rings (SSSR count). The molecule has 1 fully saturated rings. The standard InChI is InChI=1S/C32H50N2O/c1-3-5-7-8-9-10-11-13-15-29-24-33-32(34-25-29)30-20-16-28(17-21-30)26-35-31-22-18-27(19-23-31)14-12-6-4-2/h18-19,22-25,28,30H,3-17,20-21,26H2,1-2H3. The second-order valence-corrected chi connectivity index (χ2v) is 10.8. The molecule has 1 heterocycles. The van der Waals surface area contributed by atoms with Crippen molar-refractivity contribution < 1.29 is 4.74 Å². The van der Waals surface area contributed by atoms with Crippen molar-refractivity contribution in [1.82, 2.24) is 9.97 Å². The molecule has 0 atom stereocenters. The summed E-state index contributed by atoms with van der Waals surface area (Å²) in [6.45, 7) is 5.37. The number of hydrogen-bond donors (Lipinski definition) is 0. The molecule has 1 aliphatic carbocycles. The van der Waals surface area contributed by atoms with Crippen LogP contribution in [0, 0.1) is 5.92 Å². The van der Waals surface area contributed by atoms with Crippen molar-refractivity contribution >= 4 is 0 Å². The van der Waals surface area contributed by atoms with Crippen LogP contribution in [0.5, 0.6) is 5.75 Å². The van der Waals surface area contributed by atoms with Gasteiger partial charge in [-0.1, -0.05) is 83.8 Å². The van der Waals surface area contributed by atoms with Crippen LogP contribution in [0.2, 0.25) is 0 Å². The quantitative estimate of drug-likeness (QED) is 0.212. The first-order valence-corrected chi connectivity index (χ1v) is 14.8. The van der Waals surface area contributed by atoms with Gasteiger partial charge < -0.3 is 4.74 Å². The average Bonchev–Trinajstić information content (AvgIpc) is 2.90. The van der Waals surface area contributed by atoms with Gasteiger partial charge in [0.25, 0.3) is 0 Å². The molecule has 0 N–H and O–H groups in total. The second kappa shape index (κ2) is 16.7. The molecule has 1 saturated carbocycles. The molecule has 2 aromatic rings. The molecule has 1 aliphatic rings. The summed E-state index contributed by atoms with van der Waals surface area (Å²) in [5, 5.41) is 0. The van der Waals surface area contributed by atoms with Crippen LogP contribution in [0.1, 0.15) is 133 Å². The molecule has 0 bridgehead atoms. The maximum Gasteiger partial charge on any atom is 0.131 e. The van der Waals surface area contributed by atoms with Gasteiger partial charge in [-0.15, -0.1) is 0 Å². The molecule has 3 nitrogen and oxygen atoms in total. The Morgan fingerprint density at radius 3 is 1.86 bits per heavy atom. The second-order valence-electron chi connectivity index (χ2n) is 10.8. The number of hydrogen-bond acceptors (Lipinski definition) is 3. The lowest BCUT2D eigenvalue weighted by Crippen LogP contribution is -2.20. The first kappa shape index (κ1) is 27.7. The Balaban J connectivity index is 1.29. The minimum absolute atomic E-state index is 0.519. The number of rotatable bonds is 17. The Morgan fingerprint density at radius 2 is 1.20 bits per heavy atom. The van der Waals surface area contributed by atoms with Crippen LogP contribution in [-0.2, 0) is 12.8 Å². The molecule has 0 unspecified atom stereocenters. The Labute approximate surface area is 215 Å². The SMILES string of the molecule is CCCCCCCCCCc1cnc(C2CCC(COc3ccc(CCCCC)cc3)CC2)nc1. The zero-order valence-electron chi connectivity index (χ0n) is 22.6. The number of aromatic nitrogens is 2. The van der Waals surface area contributed by atoms with Crippen LogP contribution in [0.15, 0.2) is 36.7 Å². The summed E-state index contributed by atoms with van der Waals surface area (Å²) in [6.07, 6.45) is 26.1. The van der Waals surface area contributed by atoms with Crippen molar-refractivity contribution in [3.8, 4) is 5.75 Å². The molecule has 194 valence electrons. The number of nitrogens with zero attached hydrogens (tertiary/aromatic N) is 2. The maximum atomic E-state index is 6.13. The minimum atomic E-state index is 0.519. The molecule has 0 amide bonds. The van der Waals surface area contributed by atoms with Crippen LogP contribution >= 0.6 is 0 Å². The van der Waals surface area contributed by atoms with Crippen molar-refractivity contribution in [3.63, 3.8) is 0 Å². The van der Waals surface area contributed by atoms with E-state index in [2.05, 4.69) is 50.5 Å². The summed E-state index contributed by atoms with van der Waals surface area (Å²) < 4.78 is 6.13. The zero-order valence-corrected chi connectivity index (χ0v) is 22.6. The smallest absolute Gasteiger partial charge is 0.131 e. The van der Waals surface area contributed by atoms with E-state index in [-0.39, 0.29) is 0 Å². The van der Waals surface area contributed by atoms with Gasteiger partial charge in [-0.2, -0.15) is 0 Å². The summed E-state index contributed by atoms with van der Waals surface area (Å²) in [4.78, 5) is 9.52. The highest BCUT2D eigenvalue weighted by molar-refractivity contribution is 5.27. The van der Waals surface area contributed by atoms with Gasteiger partial charge in [0, 0.05) is 18.3 Å². The van der Waals surface area contributed by atoms with Crippen LogP contribution in [0.25, 0.3) is 0 Å². The molecule has 1 aromatic heterocycles. The third-order valence-electron chi connectivity index (χ3n) is 7.73. The molecule has 3 heteroatoms. The molecule has 1 aromatic carbocycles. The molecular formula is C32H50N2O. The summed E-state index contributed by atoms with van der Waals surface area (Å²) in [6, 6.07) is 8.76. The normalized spacial score (nSPS) is 18.0. The average molecular weight is 479 g/mol. The zero-order chi connectivity index (χ0) is 24.6. The Hall–Kier alpha value is -1.90. The number of aryl methyl sites for hydroxylation is 2. The van der Waals surface area contributed by atoms with Gasteiger partial charge >= 0.3 is 0 Å². The summed E-state index contributed by atoms with van der Waals surface area (Å²) >= 11 is 0. The van der Waals surface area contributed by atoms with Crippen LogP contribution in [0.3, 0.4) is 0 Å². The van der Waals surface area contributed by atoms with Crippen molar-refractivity contribution in [2.24, 2.45) is 5.92 Å². The van der Waals surface area contributed by atoms with Gasteiger partial charge in [0.1, 0.15) is 11.6 Å². The monoisotopic (exact) mass is 478 g/mol. The van der Waals surface area contributed by atoms with E-state index in [0.717, 1.165) is 24.6 Å². The number of benzene rings is 1. The third kappa shape index (κ3) is 10.7. The Bertz CT molecular complexity index is 778. The fraction of sp³-hybridized carbons (Fsp3) is 0.688. The molecular weight excluding hydrogens is 428 g/mol. The van der Waals surface area contributed by atoms with Crippen LogP contribution < -0.4 is 4.74 Å². The Kier molecular flexibility index (Phi) is 13.2. The molecule has 0 spiro atoms. The van der Waals surface area contributed by atoms with Crippen LogP contribution in [0.4, 0.5) is 0 Å². The fourth-order valence-corrected chi connectivity index (χ4v) is 5.30. The lowest BCUT2D eigenvalue weighted by atomic mass is 9.82. The maximum absolute atomic E-state index is 6.13. The Morgan fingerprint density at radius 1 is 0.657 bits per heavy atom. The van der Waals surface area contributed by atoms with E-state index in [1.165, 1.54) is 114 Å². The highest BCUT2D eigenvalue weighted by atomic mass is 16.5. The first-order valence-electron chi connectivity index (χ1n) is 14.8. The summed E-state index contributed by atoms with van der Waals surface area (Å²) in [5.41, 5.74) is 2.73. The predicted octanol–water partition coefficient (Wildman–Crippen LogP) is 9.25. The molecule has 0 saturated heterocycles. The van der Waals surface area contributed by atoms with Crippen molar-refractivity contribution in [1.29, 1.82) is 0 Å². The van der Waals surface area contributed by atoms with E-state index in [1.54, 1.807) is 0 Å². The number of unbranched alkanes of at least 4 members (excludes halogenated alkanes) is 9. The van der Waals surface area contributed by atoms with Gasteiger partial charge in [0.2, 0.25) is 0 Å². The first-order chi connectivity index (χ1) is 17.3. The third-order valence-corrected chi connectivity index (χ3v) is 7.73. The van der Waals surface area contributed by atoms with Crippen molar-refractivity contribution in [2.45, 2.75) is 129 Å². The van der Waals surface area contributed by atoms with Gasteiger partial charge in [0.05, 0.1) is 6.61 Å². The predicted molar refractivity (Wildman–Crippen MR) is 148 cm³/mol. The van der Waals surface area contributed by atoms with Gasteiger partial charge in [0.15, 0.2) is 0 Å². The van der Waals surface area contributed by atoms with Gasteiger partial charge in [-0.25, -0.2) is 9.97 Å². The van der Waals surface area contributed by atoms with Crippen molar-refractivity contribution in [2.75, 3.05) is 6.61 Å². The van der Waals surface area contributed by atoms with E-state index in [0.29, 0.717) is 11.8 Å².